The number of nitrogens with one attached hydrogen (secondary N) is 1. The van der Waals surface area contributed by atoms with Gasteiger partial charge in [0.1, 0.15) is 5.82 Å². The van der Waals surface area contributed by atoms with Crippen LogP contribution in [0.5, 0.6) is 0 Å². The quantitative estimate of drug-likeness (QED) is 0.889. The topological polar surface area (TPSA) is 33.1 Å². The molecule has 2 saturated heterocycles. The number of fused-ring (bicyclic) bond motifs is 1. The Morgan fingerprint density at radius 1 is 1.44 bits per heavy atom. The maximum atomic E-state index is 12.7. The fraction of sp³-hybridized carbons (Fsp3) is 0.750. The molecule has 0 unspecified atom stereocenters. The van der Waals surface area contributed by atoms with E-state index >= 15 is 0 Å². The van der Waals surface area contributed by atoms with Crippen molar-refractivity contribution in [1.29, 1.82) is 0 Å². The molecular formula is C12H18F2N4. The summed E-state index contributed by atoms with van der Waals surface area (Å²) < 4.78 is 26.4. The molecule has 0 spiro atoms. The lowest BCUT2D eigenvalue weighted by atomic mass is 9.94. The number of likely N-dealkylation sites (tertiary alicyclic amines) is 1. The molecule has 1 aromatic heterocycles. The largest absolute Gasteiger partial charge is 0.319 e. The van der Waals surface area contributed by atoms with E-state index in [-0.39, 0.29) is 0 Å². The molecule has 3 heterocycles. The zero-order valence-corrected chi connectivity index (χ0v) is 10.2. The number of rotatable bonds is 3. The second-order valence-electron chi connectivity index (χ2n) is 5.19. The fourth-order valence-electron chi connectivity index (χ4n) is 3.11. The van der Waals surface area contributed by atoms with Crippen molar-refractivity contribution in [2.24, 2.45) is 5.92 Å². The highest BCUT2D eigenvalue weighted by molar-refractivity contribution is 4.97. The summed E-state index contributed by atoms with van der Waals surface area (Å²) >= 11 is 0. The van der Waals surface area contributed by atoms with E-state index in [0.717, 1.165) is 24.2 Å². The van der Waals surface area contributed by atoms with Crippen LogP contribution < -0.4 is 5.32 Å². The zero-order valence-electron chi connectivity index (χ0n) is 10.2. The summed E-state index contributed by atoms with van der Waals surface area (Å²) in [5.41, 5.74) is 0. The average Bonchev–Trinajstić information content (AvgIpc) is 2.94. The first-order chi connectivity index (χ1) is 8.74. The molecule has 0 saturated carbocycles. The van der Waals surface area contributed by atoms with Crippen molar-refractivity contribution in [2.75, 3.05) is 19.6 Å². The van der Waals surface area contributed by atoms with Gasteiger partial charge in [-0.1, -0.05) is 0 Å². The van der Waals surface area contributed by atoms with E-state index in [4.69, 9.17) is 0 Å². The fourth-order valence-corrected chi connectivity index (χ4v) is 3.11. The van der Waals surface area contributed by atoms with Crippen LogP contribution in [0.3, 0.4) is 0 Å². The number of imidazole rings is 1. The summed E-state index contributed by atoms with van der Waals surface area (Å²) in [6, 6.07) is 0.536. The maximum Gasteiger partial charge on any atom is 0.319 e. The SMILES string of the molecule is FC(F)n1ccnc1CN1C[C@@H]2CCCN[C@@H]2C1. The van der Waals surface area contributed by atoms with Gasteiger partial charge in [-0.2, -0.15) is 8.78 Å². The Labute approximate surface area is 105 Å². The Hall–Kier alpha value is -1.01. The van der Waals surface area contributed by atoms with Crippen LogP contribution in [0.2, 0.25) is 0 Å². The smallest absolute Gasteiger partial charge is 0.312 e. The molecule has 1 N–H and O–H groups in total. The normalized spacial score (nSPS) is 28.8. The lowest BCUT2D eigenvalue weighted by Gasteiger charge is -2.24. The van der Waals surface area contributed by atoms with E-state index in [1.54, 1.807) is 0 Å². The second kappa shape index (κ2) is 4.93. The number of halogens is 2. The van der Waals surface area contributed by atoms with Gasteiger partial charge in [-0.25, -0.2) is 4.98 Å². The molecular weight excluding hydrogens is 238 g/mol. The Kier molecular flexibility index (Phi) is 3.30. The van der Waals surface area contributed by atoms with Crippen molar-refractivity contribution in [3.05, 3.63) is 18.2 Å². The molecule has 0 aliphatic carbocycles. The molecule has 18 heavy (non-hydrogen) atoms. The highest BCUT2D eigenvalue weighted by atomic mass is 19.3. The molecule has 1 aromatic rings. The third-order valence-electron chi connectivity index (χ3n) is 4.00. The molecule has 0 aromatic carbocycles. The summed E-state index contributed by atoms with van der Waals surface area (Å²) in [4.78, 5) is 6.27. The maximum absolute atomic E-state index is 12.7. The molecule has 3 rings (SSSR count). The summed E-state index contributed by atoms with van der Waals surface area (Å²) in [7, 11) is 0. The molecule has 100 valence electrons. The van der Waals surface area contributed by atoms with Crippen LogP contribution in [0.4, 0.5) is 8.78 Å². The van der Waals surface area contributed by atoms with Crippen molar-refractivity contribution < 1.29 is 8.78 Å². The van der Waals surface area contributed by atoms with Crippen LogP contribution in [-0.2, 0) is 6.54 Å². The third kappa shape index (κ3) is 2.27. The van der Waals surface area contributed by atoms with E-state index in [2.05, 4.69) is 15.2 Å². The Balaban J connectivity index is 1.65. The van der Waals surface area contributed by atoms with Crippen molar-refractivity contribution in [1.82, 2.24) is 19.8 Å². The van der Waals surface area contributed by atoms with E-state index in [1.807, 2.05) is 0 Å². The Bertz CT molecular complexity index is 393. The van der Waals surface area contributed by atoms with Crippen molar-refractivity contribution in [3.8, 4) is 0 Å². The van der Waals surface area contributed by atoms with Gasteiger partial charge in [-0.15, -0.1) is 0 Å². The van der Waals surface area contributed by atoms with Crippen molar-refractivity contribution >= 4 is 0 Å². The second-order valence-corrected chi connectivity index (χ2v) is 5.19. The van der Waals surface area contributed by atoms with E-state index < -0.39 is 6.55 Å². The standard InChI is InChI=1S/C12H18F2N4/c13-12(14)18-5-4-16-11(18)8-17-6-9-2-1-3-15-10(9)7-17/h4-5,9-10,12,15H,1-3,6-8H2/t9-,10+/m0/s1. The molecule has 2 aliphatic heterocycles. The molecule has 2 atom stereocenters. The minimum atomic E-state index is -2.49. The Morgan fingerprint density at radius 3 is 3.11 bits per heavy atom. The average molecular weight is 256 g/mol. The minimum Gasteiger partial charge on any atom is -0.312 e. The van der Waals surface area contributed by atoms with E-state index in [0.29, 0.717) is 24.3 Å². The van der Waals surface area contributed by atoms with E-state index in [9.17, 15) is 8.78 Å². The number of hydrogen-bond donors (Lipinski definition) is 1. The van der Waals surface area contributed by atoms with Crippen LogP contribution >= 0.6 is 0 Å². The molecule has 2 fully saturated rings. The molecule has 0 radical (unpaired) electrons. The minimum absolute atomic E-state index is 0.462. The summed E-state index contributed by atoms with van der Waals surface area (Å²) in [5.74, 6) is 1.14. The number of alkyl halides is 2. The van der Waals surface area contributed by atoms with Crippen LogP contribution in [-0.4, -0.2) is 40.1 Å². The third-order valence-corrected chi connectivity index (χ3v) is 4.00. The lowest BCUT2D eigenvalue weighted by molar-refractivity contribution is 0.0644. The number of nitrogens with zero attached hydrogens (tertiary/aromatic N) is 3. The molecule has 2 aliphatic rings. The van der Waals surface area contributed by atoms with Crippen LogP contribution in [0.15, 0.2) is 12.4 Å². The summed E-state index contributed by atoms with van der Waals surface area (Å²) in [5, 5.41) is 3.51. The molecule has 0 amide bonds. The van der Waals surface area contributed by atoms with Crippen molar-refractivity contribution in [3.63, 3.8) is 0 Å². The monoisotopic (exact) mass is 256 g/mol. The molecule has 4 nitrogen and oxygen atoms in total. The lowest BCUT2D eigenvalue weighted by Crippen LogP contribution is -2.40. The van der Waals surface area contributed by atoms with Gasteiger partial charge in [-0.05, 0) is 25.3 Å². The first-order valence-electron chi connectivity index (χ1n) is 6.49. The number of piperidine rings is 1. The predicted octanol–water partition coefficient (Wildman–Crippen LogP) is 1.46. The van der Waals surface area contributed by atoms with Gasteiger partial charge in [0.05, 0.1) is 6.54 Å². The number of aromatic nitrogens is 2. The van der Waals surface area contributed by atoms with Crippen molar-refractivity contribution in [2.45, 2.75) is 32.0 Å². The van der Waals surface area contributed by atoms with Gasteiger partial charge in [0.25, 0.3) is 0 Å². The van der Waals surface area contributed by atoms with Gasteiger partial charge < -0.3 is 5.32 Å². The first-order valence-corrected chi connectivity index (χ1v) is 6.49. The van der Waals surface area contributed by atoms with Crippen LogP contribution in [0, 0.1) is 5.92 Å². The molecule has 6 heteroatoms. The van der Waals surface area contributed by atoms with Gasteiger partial charge in [0, 0.05) is 31.5 Å². The summed E-state index contributed by atoms with van der Waals surface area (Å²) in [6.07, 6.45) is 5.27. The molecule has 0 bridgehead atoms. The highest BCUT2D eigenvalue weighted by Crippen LogP contribution is 2.26. The van der Waals surface area contributed by atoms with Gasteiger partial charge in [0.2, 0.25) is 0 Å². The van der Waals surface area contributed by atoms with Gasteiger partial charge in [0.15, 0.2) is 0 Å². The van der Waals surface area contributed by atoms with Gasteiger partial charge in [-0.3, -0.25) is 9.47 Å². The first kappa shape index (κ1) is 12.0. The number of hydrogen-bond acceptors (Lipinski definition) is 3. The van der Waals surface area contributed by atoms with Gasteiger partial charge >= 0.3 is 6.55 Å². The summed E-state index contributed by atoms with van der Waals surface area (Å²) in [6.45, 7) is 1.05. The Morgan fingerprint density at radius 2 is 2.33 bits per heavy atom. The predicted molar refractivity (Wildman–Crippen MR) is 63.3 cm³/mol. The van der Waals surface area contributed by atoms with Crippen LogP contribution in [0.25, 0.3) is 0 Å². The zero-order chi connectivity index (χ0) is 12.5. The van der Waals surface area contributed by atoms with E-state index in [1.165, 1.54) is 25.2 Å². The van der Waals surface area contributed by atoms with Crippen LogP contribution in [0.1, 0.15) is 25.2 Å². The highest BCUT2D eigenvalue weighted by Gasteiger charge is 2.34.